The number of anilines is 1. The van der Waals surface area contributed by atoms with E-state index in [1.54, 1.807) is 0 Å². The highest BCUT2D eigenvalue weighted by atomic mass is 32.1. The molecule has 0 fully saturated rings. The average molecular weight is 728 g/mol. The van der Waals surface area contributed by atoms with Gasteiger partial charge in [-0.2, -0.15) is 0 Å². The van der Waals surface area contributed by atoms with Gasteiger partial charge < -0.3 is 16.3 Å². The first-order valence-electron chi connectivity index (χ1n) is 18.0. The molecule has 5 heteroatoms. The topological polar surface area (TPSA) is 47.9 Å². The second-order valence-electron chi connectivity index (χ2n) is 13.5. The number of thiophene rings is 2. The summed E-state index contributed by atoms with van der Waals surface area (Å²) in [4.78, 5) is 0. The lowest BCUT2D eigenvalue weighted by Crippen LogP contribution is -2.21. The summed E-state index contributed by atoms with van der Waals surface area (Å²) in [6, 6.07) is 62.1. The van der Waals surface area contributed by atoms with Crippen molar-refractivity contribution >= 4 is 90.9 Å². The average Bonchev–Trinajstić information content (AvgIpc) is 3.81. The molecule has 54 heavy (non-hydrogen) atoms. The van der Waals surface area contributed by atoms with Crippen LogP contribution in [0.1, 0.15) is 11.1 Å². The van der Waals surface area contributed by atoms with Crippen LogP contribution in [0.4, 0.5) is 5.69 Å². The van der Waals surface area contributed by atoms with E-state index in [0.29, 0.717) is 5.71 Å². The van der Waals surface area contributed by atoms with Gasteiger partial charge in [0.1, 0.15) is 0 Å². The molecular weight excluding hydrogens is 695 g/mol. The van der Waals surface area contributed by atoms with Crippen LogP contribution in [-0.2, 0) is 0 Å². The molecule has 10 aromatic rings. The molecule has 0 aliphatic carbocycles. The molecular formula is C49H33N3S2. The lowest BCUT2D eigenvalue weighted by Gasteiger charge is -2.16. The van der Waals surface area contributed by atoms with Gasteiger partial charge in [0, 0.05) is 51.5 Å². The molecule has 0 amide bonds. The second kappa shape index (κ2) is 13.5. The predicted molar refractivity (Wildman–Crippen MR) is 235 cm³/mol. The van der Waals surface area contributed by atoms with Crippen LogP contribution in [0.3, 0.4) is 0 Å². The Bertz CT molecular complexity index is 2950. The van der Waals surface area contributed by atoms with Crippen LogP contribution >= 0.6 is 22.7 Å². The van der Waals surface area contributed by atoms with Crippen LogP contribution in [0.25, 0.3) is 79.1 Å². The molecule has 0 saturated heterocycles. The first kappa shape index (κ1) is 32.1. The molecule has 10 rings (SSSR count). The van der Waals surface area contributed by atoms with Crippen LogP contribution in [0.5, 0.6) is 0 Å². The molecule has 0 unspecified atom stereocenters. The molecule has 0 aliphatic rings. The highest BCUT2D eigenvalue weighted by Crippen LogP contribution is 2.44. The Morgan fingerprint density at radius 3 is 1.67 bits per heavy atom. The maximum atomic E-state index is 9.74. The van der Waals surface area contributed by atoms with Crippen molar-refractivity contribution in [2.75, 3.05) is 5.43 Å². The molecule has 0 radical (unpaired) electrons. The zero-order valence-electron chi connectivity index (χ0n) is 29.1. The van der Waals surface area contributed by atoms with Crippen LogP contribution in [0.2, 0.25) is 0 Å². The number of rotatable bonds is 8. The van der Waals surface area contributed by atoms with Crippen molar-refractivity contribution in [1.82, 2.24) is 5.43 Å². The van der Waals surface area contributed by atoms with E-state index in [9.17, 15) is 5.41 Å². The summed E-state index contributed by atoms with van der Waals surface area (Å²) in [7, 11) is 0. The fraction of sp³-hybridized carbons (Fsp3) is 0. The minimum Gasteiger partial charge on any atom is -0.301 e. The van der Waals surface area contributed by atoms with E-state index < -0.39 is 0 Å². The Balaban J connectivity index is 1.16. The third-order valence-electron chi connectivity index (χ3n) is 10.1. The second-order valence-corrected chi connectivity index (χ2v) is 15.6. The van der Waals surface area contributed by atoms with E-state index in [0.717, 1.165) is 39.0 Å². The first-order chi connectivity index (χ1) is 26.7. The van der Waals surface area contributed by atoms with Crippen molar-refractivity contribution < 1.29 is 0 Å². The lowest BCUT2D eigenvalue weighted by atomic mass is 9.92. The summed E-state index contributed by atoms with van der Waals surface area (Å²) in [5.74, 6) is 0. The van der Waals surface area contributed by atoms with Gasteiger partial charge in [0.2, 0.25) is 0 Å². The van der Waals surface area contributed by atoms with E-state index in [2.05, 4.69) is 156 Å². The predicted octanol–water partition coefficient (Wildman–Crippen LogP) is 13.9. The molecule has 256 valence electrons. The number of hydrazine groups is 1. The summed E-state index contributed by atoms with van der Waals surface area (Å²) in [5.41, 5.74) is 15.4. The molecule has 3 N–H and O–H groups in total. The number of hydrogen-bond acceptors (Lipinski definition) is 5. The zero-order chi connectivity index (χ0) is 36.0. The normalized spacial score (nSPS) is 11.9. The standard InChI is InChI=1S/C49H33N3S2/c50-44(30-45(52-51-37-14-2-1-3-15-37)33-25-24-31-12-4-5-13-32(31)26-33)36-28-34(38-18-10-20-42-40-16-6-8-22-46(40)53-48(38)42)27-35(29-36)39-19-11-21-43-41-17-7-9-23-47(41)54-49(39)43/h1-30,50-52H/b45-30-,50-44?. The number of fused-ring (bicyclic) bond motifs is 7. The summed E-state index contributed by atoms with van der Waals surface area (Å²) >= 11 is 3.67. The van der Waals surface area contributed by atoms with E-state index in [1.165, 1.54) is 56.9 Å². The Labute approximate surface area is 321 Å². The molecule has 3 nitrogen and oxygen atoms in total. The Morgan fingerprint density at radius 2 is 1.02 bits per heavy atom. The molecule has 2 aromatic heterocycles. The quantitative estimate of drug-likeness (QED) is 0.108. The lowest BCUT2D eigenvalue weighted by molar-refractivity contribution is 1.08. The van der Waals surface area contributed by atoms with Crippen molar-refractivity contribution in [3.63, 3.8) is 0 Å². The van der Waals surface area contributed by atoms with Crippen molar-refractivity contribution in [1.29, 1.82) is 5.41 Å². The fourth-order valence-electron chi connectivity index (χ4n) is 7.48. The summed E-state index contributed by atoms with van der Waals surface area (Å²) < 4.78 is 5.07. The first-order valence-corrected chi connectivity index (χ1v) is 19.6. The molecule has 0 bridgehead atoms. The Morgan fingerprint density at radius 1 is 0.463 bits per heavy atom. The van der Waals surface area contributed by atoms with Gasteiger partial charge in [-0.15, -0.1) is 22.7 Å². The van der Waals surface area contributed by atoms with Gasteiger partial charge in [-0.05, 0) is 87.6 Å². The summed E-state index contributed by atoms with van der Waals surface area (Å²) in [6.07, 6.45) is 1.95. The maximum absolute atomic E-state index is 9.74. The largest absolute Gasteiger partial charge is 0.301 e. The SMILES string of the molecule is N=C(/C=C(\NNc1ccccc1)c1ccc2ccccc2c1)c1cc(-c2cccc3c2sc2ccccc23)cc(-c2cccc3c2sc2ccccc23)c1. The van der Waals surface area contributed by atoms with Crippen LogP contribution in [0.15, 0.2) is 182 Å². The Kier molecular flexibility index (Phi) is 8.02. The number of nitrogens with one attached hydrogen (secondary N) is 3. The number of benzene rings is 8. The third-order valence-corrected chi connectivity index (χ3v) is 12.6. The molecule has 0 saturated carbocycles. The monoisotopic (exact) mass is 727 g/mol. The van der Waals surface area contributed by atoms with Crippen molar-refractivity contribution in [3.05, 3.63) is 193 Å². The van der Waals surface area contributed by atoms with E-state index in [1.807, 2.05) is 59.1 Å². The van der Waals surface area contributed by atoms with Gasteiger partial charge in [-0.3, -0.25) is 0 Å². The molecule has 8 aromatic carbocycles. The summed E-state index contributed by atoms with van der Waals surface area (Å²) in [5, 5.41) is 17.1. The van der Waals surface area contributed by atoms with Crippen molar-refractivity contribution in [2.45, 2.75) is 0 Å². The van der Waals surface area contributed by atoms with Gasteiger partial charge in [-0.1, -0.05) is 127 Å². The number of hydrogen-bond donors (Lipinski definition) is 3. The van der Waals surface area contributed by atoms with Crippen LogP contribution in [0, 0.1) is 5.41 Å². The van der Waals surface area contributed by atoms with Crippen LogP contribution < -0.4 is 10.9 Å². The van der Waals surface area contributed by atoms with Crippen molar-refractivity contribution in [3.8, 4) is 22.3 Å². The number of para-hydroxylation sites is 1. The zero-order valence-corrected chi connectivity index (χ0v) is 30.8. The van der Waals surface area contributed by atoms with Gasteiger partial charge >= 0.3 is 0 Å². The minimum absolute atomic E-state index is 0.413. The van der Waals surface area contributed by atoms with Gasteiger partial charge in [-0.25, -0.2) is 0 Å². The maximum Gasteiger partial charge on any atom is 0.0634 e. The minimum atomic E-state index is 0.413. The van der Waals surface area contributed by atoms with Gasteiger partial charge in [0.15, 0.2) is 0 Å². The highest BCUT2D eigenvalue weighted by Gasteiger charge is 2.17. The van der Waals surface area contributed by atoms with E-state index >= 15 is 0 Å². The third kappa shape index (κ3) is 5.80. The van der Waals surface area contributed by atoms with E-state index in [-0.39, 0.29) is 0 Å². The Hall–Kier alpha value is -6.53. The molecule has 0 spiro atoms. The smallest absolute Gasteiger partial charge is 0.0634 e. The van der Waals surface area contributed by atoms with Gasteiger partial charge in [0.25, 0.3) is 0 Å². The highest BCUT2D eigenvalue weighted by molar-refractivity contribution is 7.26. The molecule has 0 aliphatic heterocycles. The number of allylic oxidation sites excluding steroid dienone is 1. The summed E-state index contributed by atoms with van der Waals surface area (Å²) in [6.45, 7) is 0. The fourth-order valence-corrected chi connectivity index (χ4v) is 9.96. The van der Waals surface area contributed by atoms with Gasteiger partial charge in [0.05, 0.1) is 17.1 Å². The molecule has 0 atom stereocenters. The van der Waals surface area contributed by atoms with Crippen molar-refractivity contribution in [2.24, 2.45) is 0 Å². The van der Waals surface area contributed by atoms with Crippen LogP contribution in [-0.4, -0.2) is 5.71 Å². The van der Waals surface area contributed by atoms with E-state index in [4.69, 9.17) is 0 Å². The molecule has 2 heterocycles.